The first-order valence-corrected chi connectivity index (χ1v) is 14.1. The van der Waals surface area contributed by atoms with Crippen LogP contribution in [-0.2, 0) is 4.79 Å². The molecule has 2 fully saturated rings. The van der Waals surface area contributed by atoms with Crippen LogP contribution < -0.4 is 0 Å². The van der Waals surface area contributed by atoms with E-state index in [1.165, 1.54) is 11.1 Å². The van der Waals surface area contributed by atoms with Crippen LogP contribution in [-0.4, -0.2) is 33.5 Å². The zero-order valence-electron chi connectivity index (χ0n) is 23.3. The molecule has 4 aliphatic carbocycles. The summed E-state index contributed by atoms with van der Waals surface area (Å²) in [5, 5.41) is 32.8. The minimum absolute atomic E-state index is 0.0378. The SMILES string of the molecule is C=C(CC[C@@H](C(=O)O)[C@H]1C[C@H](O)[C@@]2(C)C3=C(CC[C@]12C)[C@@]1(C)CC[C@H](O)C(C)(C)[C@H]1CC3)C(C)C. The number of carboxylic acid groups (broad SMARTS) is 1. The summed E-state index contributed by atoms with van der Waals surface area (Å²) in [4.78, 5) is 12.6. The summed E-state index contributed by atoms with van der Waals surface area (Å²) in [5.41, 5.74) is 3.40. The molecule has 198 valence electrons. The van der Waals surface area contributed by atoms with E-state index in [0.717, 1.165) is 50.5 Å². The van der Waals surface area contributed by atoms with Crippen LogP contribution in [0.3, 0.4) is 0 Å². The van der Waals surface area contributed by atoms with Crippen molar-refractivity contribution in [2.24, 2.45) is 45.3 Å². The largest absolute Gasteiger partial charge is 0.481 e. The van der Waals surface area contributed by atoms with Gasteiger partial charge in [-0.1, -0.05) is 71.8 Å². The van der Waals surface area contributed by atoms with Crippen molar-refractivity contribution >= 4 is 5.97 Å². The topological polar surface area (TPSA) is 77.8 Å². The average Bonchev–Trinajstić information content (AvgIpc) is 2.98. The Morgan fingerprint density at radius 2 is 1.66 bits per heavy atom. The maximum Gasteiger partial charge on any atom is 0.306 e. The summed E-state index contributed by atoms with van der Waals surface area (Å²) in [6.07, 6.45) is 6.90. The maximum absolute atomic E-state index is 12.6. The van der Waals surface area contributed by atoms with E-state index >= 15 is 0 Å². The number of aliphatic hydroxyl groups excluding tert-OH is 2. The van der Waals surface area contributed by atoms with Gasteiger partial charge in [0.1, 0.15) is 0 Å². The van der Waals surface area contributed by atoms with Gasteiger partial charge in [-0.25, -0.2) is 0 Å². The number of aliphatic carboxylic acids is 1. The summed E-state index contributed by atoms with van der Waals surface area (Å²) < 4.78 is 0. The van der Waals surface area contributed by atoms with Crippen LogP contribution in [0.5, 0.6) is 0 Å². The predicted molar refractivity (Wildman–Crippen MR) is 141 cm³/mol. The van der Waals surface area contributed by atoms with E-state index in [9.17, 15) is 20.1 Å². The van der Waals surface area contributed by atoms with Crippen molar-refractivity contribution in [1.29, 1.82) is 0 Å². The molecule has 0 radical (unpaired) electrons. The van der Waals surface area contributed by atoms with Crippen molar-refractivity contribution in [3.05, 3.63) is 23.3 Å². The smallest absolute Gasteiger partial charge is 0.306 e. The van der Waals surface area contributed by atoms with Crippen molar-refractivity contribution in [3.63, 3.8) is 0 Å². The molecular formula is C31H50O4. The van der Waals surface area contributed by atoms with Crippen molar-refractivity contribution in [2.45, 2.75) is 118 Å². The van der Waals surface area contributed by atoms with E-state index in [0.29, 0.717) is 24.7 Å². The van der Waals surface area contributed by atoms with E-state index in [4.69, 9.17) is 0 Å². The van der Waals surface area contributed by atoms with Gasteiger partial charge in [-0.05, 0) is 91.8 Å². The molecule has 2 saturated carbocycles. The first kappa shape index (κ1) is 26.9. The number of carboxylic acids is 1. The Balaban J connectivity index is 1.72. The monoisotopic (exact) mass is 486 g/mol. The number of carbonyl (C=O) groups is 1. The van der Waals surface area contributed by atoms with Crippen molar-refractivity contribution in [1.82, 2.24) is 0 Å². The van der Waals surface area contributed by atoms with Gasteiger partial charge in [-0.2, -0.15) is 0 Å². The van der Waals surface area contributed by atoms with E-state index < -0.39 is 18.0 Å². The molecule has 0 bridgehead atoms. The molecule has 35 heavy (non-hydrogen) atoms. The summed E-state index contributed by atoms with van der Waals surface area (Å²) in [6, 6.07) is 0. The molecule has 0 amide bonds. The molecule has 0 saturated heterocycles. The zero-order chi connectivity index (χ0) is 26.1. The molecule has 4 rings (SSSR count). The van der Waals surface area contributed by atoms with Gasteiger partial charge in [0, 0.05) is 5.41 Å². The Bertz CT molecular complexity index is 915. The third-order valence-corrected chi connectivity index (χ3v) is 12.3. The standard InChI is InChI=1S/C31H50O4/c1-18(2)19(3)9-10-20(27(34)35)23-17-26(33)31(8)22-11-12-24-28(4,5)25(32)14-15-29(24,6)21(22)13-16-30(23,31)7/h18,20,23-26,32-33H,3,9-17H2,1-2,4-8H3,(H,34,35)/t20-,23-,24-,25+,26+,29-,30-,31-/m1/s1. The van der Waals surface area contributed by atoms with Crippen LogP contribution in [0.2, 0.25) is 0 Å². The van der Waals surface area contributed by atoms with E-state index in [1.54, 1.807) is 0 Å². The normalized spacial score (nSPS) is 43.4. The van der Waals surface area contributed by atoms with Gasteiger partial charge in [0.05, 0.1) is 18.1 Å². The molecular weight excluding hydrogens is 436 g/mol. The van der Waals surface area contributed by atoms with Crippen LogP contribution in [0.1, 0.15) is 106 Å². The first-order valence-electron chi connectivity index (χ1n) is 14.1. The molecule has 4 nitrogen and oxygen atoms in total. The fourth-order valence-electron chi connectivity index (χ4n) is 9.49. The number of aliphatic hydroxyl groups is 2. The predicted octanol–water partition coefficient (Wildman–Crippen LogP) is 6.76. The average molecular weight is 487 g/mol. The van der Waals surface area contributed by atoms with Crippen molar-refractivity contribution < 1.29 is 20.1 Å². The third kappa shape index (κ3) is 3.71. The van der Waals surface area contributed by atoms with Gasteiger partial charge in [0.25, 0.3) is 0 Å². The minimum atomic E-state index is -0.720. The fourth-order valence-corrected chi connectivity index (χ4v) is 9.49. The molecule has 0 aromatic rings. The summed E-state index contributed by atoms with van der Waals surface area (Å²) >= 11 is 0. The molecule has 4 heteroatoms. The van der Waals surface area contributed by atoms with Crippen LogP contribution in [0.4, 0.5) is 0 Å². The summed E-state index contributed by atoms with van der Waals surface area (Å²) in [6.45, 7) is 19.9. The lowest BCUT2D eigenvalue weighted by molar-refractivity contribution is -0.147. The molecule has 8 atom stereocenters. The van der Waals surface area contributed by atoms with Crippen LogP contribution in [0.15, 0.2) is 23.3 Å². The molecule has 0 heterocycles. The summed E-state index contributed by atoms with van der Waals surface area (Å²) in [7, 11) is 0. The highest BCUT2D eigenvalue weighted by Gasteiger charge is 2.67. The Morgan fingerprint density at radius 3 is 2.26 bits per heavy atom. The molecule has 4 aliphatic rings. The van der Waals surface area contributed by atoms with Crippen molar-refractivity contribution in [2.75, 3.05) is 0 Å². The van der Waals surface area contributed by atoms with Crippen LogP contribution in [0, 0.1) is 45.3 Å². The van der Waals surface area contributed by atoms with Gasteiger partial charge in [-0.3, -0.25) is 4.79 Å². The lowest BCUT2D eigenvalue weighted by Gasteiger charge is -2.62. The second-order valence-electron chi connectivity index (χ2n) is 14.1. The number of hydrogen-bond donors (Lipinski definition) is 3. The second kappa shape index (κ2) is 8.72. The van der Waals surface area contributed by atoms with Crippen LogP contribution in [0.25, 0.3) is 0 Å². The molecule has 0 aliphatic heterocycles. The highest BCUT2D eigenvalue weighted by molar-refractivity contribution is 5.71. The van der Waals surface area contributed by atoms with E-state index in [-0.39, 0.29) is 33.7 Å². The number of hydrogen-bond acceptors (Lipinski definition) is 3. The number of allylic oxidation sites excluding steroid dienone is 2. The first-order chi connectivity index (χ1) is 16.1. The molecule has 0 aromatic carbocycles. The third-order valence-electron chi connectivity index (χ3n) is 12.3. The number of fused-ring (bicyclic) bond motifs is 4. The minimum Gasteiger partial charge on any atom is -0.481 e. The van der Waals surface area contributed by atoms with E-state index in [2.05, 4.69) is 55.0 Å². The Labute approximate surface area is 213 Å². The zero-order valence-corrected chi connectivity index (χ0v) is 23.3. The molecule has 0 aromatic heterocycles. The molecule has 0 unspecified atom stereocenters. The van der Waals surface area contributed by atoms with Gasteiger partial charge in [0.2, 0.25) is 0 Å². The van der Waals surface area contributed by atoms with Gasteiger partial charge < -0.3 is 15.3 Å². The Kier molecular flexibility index (Phi) is 6.71. The van der Waals surface area contributed by atoms with E-state index in [1.807, 2.05) is 0 Å². The maximum atomic E-state index is 12.6. The fraction of sp³-hybridized carbons (Fsp3) is 0.839. The lowest BCUT2D eigenvalue weighted by Crippen LogP contribution is -2.56. The lowest BCUT2D eigenvalue weighted by atomic mass is 9.43. The molecule has 3 N–H and O–H groups in total. The Hall–Kier alpha value is -1.13. The van der Waals surface area contributed by atoms with Gasteiger partial charge >= 0.3 is 5.97 Å². The molecule has 0 spiro atoms. The highest BCUT2D eigenvalue weighted by atomic mass is 16.4. The van der Waals surface area contributed by atoms with Gasteiger partial charge in [0.15, 0.2) is 0 Å². The van der Waals surface area contributed by atoms with Gasteiger partial charge in [-0.15, -0.1) is 0 Å². The highest BCUT2D eigenvalue weighted by Crippen LogP contribution is 2.72. The quantitative estimate of drug-likeness (QED) is 0.362. The summed E-state index contributed by atoms with van der Waals surface area (Å²) in [5.74, 6) is -0.415. The number of rotatable bonds is 6. The Morgan fingerprint density at radius 1 is 1.00 bits per heavy atom. The second-order valence-corrected chi connectivity index (χ2v) is 14.1. The van der Waals surface area contributed by atoms with Crippen molar-refractivity contribution in [3.8, 4) is 0 Å². The van der Waals surface area contributed by atoms with Crippen LogP contribution >= 0.6 is 0 Å².